The van der Waals surface area contributed by atoms with Gasteiger partial charge >= 0.3 is 0 Å². The van der Waals surface area contributed by atoms with E-state index in [2.05, 4.69) is 0 Å². The van der Waals surface area contributed by atoms with Gasteiger partial charge in [0, 0.05) is 6.07 Å². The Hall–Kier alpha value is -2.00. The van der Waals surface area contributed by atoms with Gasteiger partial charge in [0.1, 0.15) is 18.1 Å². The first-order valence-electron chi connectivity index (χ1n) is 5.78. The third kappa shape index (κ3) is 3.26. The van der Waals surface area contributed by atoms with Crippen LogP contribution in [0.15, 0.2) is 42.5 Å². The van der Waals surface area contributed by atoms with Crippen LogP contribution in [0.1, 0.15) is 22.8 Å². The molecule has 0 heterocycles. The predicted molar refractivity (Wildman–Crippen MR) is 73.9 cm³/mol. The fourth-order valence-electron chi connectivity index (χ4n) is 1.67. The van der Waals surface area contributed by atoms with Gasteiger partial charge in [0.15, 0.2) is 5.78 Å². The van der Waals surface area contributed by atoms with E-state index in [1.807, 2.05) is 30.3 Å². The second kappa shape index (κ2) is 5.76. The smallest absolute Gasteiger partial charge is 0.163 e. The molecule has 0 amide bonds. The van der Waals surface area contributed by atoms with Gasteiger partial charge in [0.2, 0.25) is 0 Å². The second-order valence-corrected chi connectivity index (χ2v) is 4.54. The number of Topliss-reactive ketones (excluding diaryl/α,β-unsaturated/α-hetero) is 1. The summed E-state index contributed by atoms with van der Waals surface area (Å²) in [6, 6.07) is 12.4. The van der Waals surface area contributed by atoms with E-state index in [9.17, 15) is 9.90 Å². The van der Waals surface area contributed by atoms with E-state index in [1.165, 1.54) is 19.1 Å². The molecule has 98 valence electrons. The molecule has 0 aromatic heterocycles. The summed E-state index contributed by atoms with van der Waals surface area (Å²) in [7, 11) is 0. The van der Waals surface area contributed by atoms with Crippen LogP contribution in [0, 0.1) is 0 Å². The van der Waals surface area contributed by atoms with Crippen molar-refractivity contribution in [3.63, 3.8) is 0 Å². The molecule has 0 spiro atoms. The summed E-state index contributed by atoms with van der Waals surface area (Å²) in [5.74, 6) is -0.0120. The zero-order valence-electron chi connectivity index (χ0n) is 10.4. The van der Waals surface area contributed by atoms with Gasteiger partial charge < -0.3 is 9.84 Å². The number of hydrogen-bond donors (Lipinski definition) is 1. The Labute approximate surface area is 116 Å². The number of phenolic OH excluding ortho intramolecular Hbond substituents is 1. The van der Waals surface area contributed by atoms with Crippen LogP contribution in [-0.4, -0.2) is 10.9 Å². The van der Waals surface area contributed by atoms with Crippen LogP contribution < -0.4 is 4.74 Å². The minimum absolute atomic E-state index is 0.125. The van der Waals surface area contributed by atoms with Crippen LogP contribution in [0.5, 0.6) is 11.5 Å². The maximum Gasteiger partial charge on any atom is 0.163 e. The van der Waals surface area contributed by atoms with Gasteiger partial charge in [0.25, 0.3) is 0 Å². The van der Waals surface area contributed by atoms with Gasteiger partial charge in [-0.3, -0.25) is 4.79 Å². The van der Waals surface area contributed by atoms with E-state index in [0.29, 0.717) is 17.4 Å². The van der Waals surface area contributed by atoms with Crippen LogP contribution in [0.2, 0.25) is 5.02 Å². The molecule has 0 aliphatic rings. The van der Waals surface area contributed by atoms with Crippen molar-refractivity contribution in [3.05, 3.63) is 58.6 Å². The lowest BCUT2D eigenvalue weighted by Crippen LogP contribution is -1.98. The molecule has 0 aliphatic carbocycles. The fourth-order valence-corrected chi connectivity index (χ4v) is 1.89. The lowest BCUT2D eigenvalue weighted by molar-refractivity contribution is 0.101. The molecule has 0 bridgehead atoms. The van der Waals surface area contributed by atoms with Crippen molar-refractivity contribution < 1.29 is 14.6 Å². The summed E-state index contributed by atoms with van der Waals surface area (Å²) in [4.78, 5) is 11.2. The van der Waals surface area contributed by atoms with Crippen molar-refractivity contribution in [3.8, 4) is 11.5 Å². The quantitative estimate of drug-likeness (QED) is 0.864. The molecule has 0 atom stereocenters. The number of carbonyl (C=O) groups excluding carboxylic acids is 1. The summed E-state index contributed by atoms with van der Waals surface area (Å²) in [6.45, 7) is 1.72. The molecule has 4 heteroatoms. The highest BCUT2D eigenvalue weighted by Gasteiger charge is 2.12. The maximum atomic E-state index is 11.2. The van der Waals surface area contributed by atoms with E-state index in [1.54, 1.807) is 0 Å². The minimum Gasteiger partial charge on any atom is -0.507 e. The maximum absolute atomic E-state index is 11.2. The Kier molecular flexibility index (Phi) is 4.07. The number of aromatic hydroxyl groups is 1. The number of halogens is 1. The van der Waals surface area contributed by atoms with Crippen LogP contribution in [0.25, 0.3) is 0 Å². The van der Waals surface area contributed by atoms with Crippen molar-refractivity contribution in [2.75, 3.05) is 0 Å². The van der Waals surface area contributed by atoms with E-state index in [4.69, 9.17) is 16.3 Å². The number of ketones is 1. The topological polar surface area (TPSA) is 46.5 Å². The van der Waals surface area contributed by atoms with Gasteiger partial charge in [-0.25, -0.2) is 0 Å². The molecule has 19 heavy (non-hydrogen) atoms. The highest BCUT2D eigenvalue weighted by molar-refractivity contribution is 6.32. The summed E-state index contributed by atoms with van der Waals surface area (Å²) in [5.41, 5.74) is 1.19. The van der Waals surface area contributed by atoms with Gasteiger partial charge in [-0.15, -0.1) is 0 Å². The molecule has 3 nitrogen and oxygen atoms in total. The molecule has 0 radical (unpaired) electrons. The Morgan fingerprint density at radius 1 is 1.26 bits per heavy atom. The minimum atomic E-state index is -0.242. The number of benzene rings is 2. The third-order valence-electron chi connectivity index (χ3n) is 2.67. The second-order valence-electron chi connectivity index (χ2n) is 4.13. The summed E-state index contributed by atoms with van der Waals surface area (Å²) in [6.07, 6.45) is 0. The SMILES string of the molecule is CC(=O)c1cc(Cl)c(OCc2ccccc2)cc1O. The van der Waals surface area contributed by atoms with Gasteiger partial charge in [-0.2, -0.15) is 0 Å². The number of phenols is 1. The van der Waals surface area contributed by atoms with Crippen LogP contribution in [0.4, 0.5) is 0 Å². The van der Waals surface area contributed by atoms with Crippen molar-refractivity contribution in [1.82, 2.24) is 0 Å². The zero-order chi connectivity index (χ0) is 13.8. The largest absolute Gasteiger partial charge is 0.507 e. The number of hydrogen-bond acceptors (Lipinski definition) is 3. The highest BCUT2D eigenvalue weighted by Crippen LogP contribution is 2.32. The Morgan fingerprint density at radius 2 is 1.95 bits per heavy atom. The summed E-state index contributed by atoms with van der Waals surface area (Å²) in [5, 5.41) is 10.0. The number of carbonyl (C=O) groups is 1. The van der Waals surface area contributed by atoms with Crippen molar-refractivity contribution >= 4 is 17.4 Å². The molecule has 0 aliphatic heterocycles. The molecule has 1 N–H and O–H groups in total. The first-order chi connectivity index (χ1) is 9.08. The van der Waals surface area contributed by atoms with E-state index in [0.717, 1.165) is 5.56 Å². The van der Waals surface area contributed by atoms with Crippen molar-refractivity contribution in [2.24, 2.45) is 0 Å². The highest BCUT2D eigenvalue weighted by atomic mass is 35.5. The van der Waals surface area contributed by atoms with Crippen LogP contribution in [0.3, 0.4) is 0 Å². The lowest BCUT2D eigenvalue weighted by atomic mass is 10.1. The Bertz CT molecular complexity index is 594. The first-order valence-corrected chi connectivity index (χ1v) is 6.16. The average molecular weight is 277 g/mol. The van der Waals surface area contributed by atoms with E-state index < -0.39 is 0 Å². The lowest BCUT2D eigenvalue weighted by Gasteiger charge is -2.10. The molecular formula is C15H13ClO3. The van der Waals surface area contributed by atoms with Crippen molar-refractivity contribution in [2.45, 2.75) is 13.5 Å². The molecule has 0 saturated carbocycles. The zero-order valence-corrected chi connectivity index (χ0v) is 11.1. The number of ether oxygens (including phenoxy) is 1. The van der Waals surface area contributed by atoms with Gasteiger partial charge in [-0.05, 0) is 18.6 Å². The molecule has 0 saturated heterocycles. The molecule has 2 rings (SSSR count). The average Bonchev–Trinajstić information content (AvgIpc) is 2.40. The van der Waals surface area contributed by atoms with Crippen LogP contribution >= 0.6 is 11.6 Å². The molecule has 0 fully saturated rings. The molecule has 2 aromatic rings. The summed E-state index contributed by atoms with van der Waals surface area (Å²) < 4.78 is 5.54. The van der Waals surface area contributed by atoms with E-state index in [-0.39, 0.29) is 17.1 Å². The van der Waals surface area contributed by atoms with E-state index >= 15 is 0 Å². The monoisotopic (exact) mass is 276 g/mol. The standard InChI is InChI=1S/C15H13ClO3/c1-10(17)12-7-13(16)15(8-14(12)18)19-9-11-5-3-2-4-6-11/h2-8,18H,9H2,1H3. The normalized spacial score (nSPS) is 10.2. The van der Waals surface area contributed by atoms with Crippen LogP contribution in [-0.2, 0) is 6.61 Å². The molecule has 2 aromatic carbocycles. The van der Waals surface area contributed by atoms with Crippen molar-refractivity contribution in [1.29, 1.82) is 0 Å². The molecule has 0 unspecified atom stereocenters. The molecular weight excluding hydrogens is 264 g/mol. The Morgan fingerprint density at radius 3 is 2.58 bits per heavy atom. The fraction of sp³-hybridized carbons (Fsp3) is 0.133. The van der Waals surface area contributed by atoms with Gasteiger partial charge in [-0.1, -0.05) is 41.9 Å². The van der Waals surface area contributed by atoms with Gasteiger partial charge in [0.05, 0.1) is 10.6 Å². The predicted octanol–water partition coefficient (Wildman–Crippen LogP) is 3.83. The number of rotatable bonds is 4. The third-order valence-corrected chi connectivity index (χ3v) is 2.96. The summed E-state index contributed by atoms with van der Waals surface area (Å²) >= 11 is 6.02. The Balaban J connectivity index is 2.17. The first kappa shape index (κ1) is 13.4.